The maximum atomic E-state index is 14.2. The smallest absolute Gasteiger partial charge is 0.747 e. The largest absolute Gasteiger partial charge is 1.00 e. The third-order valence-corrected chi connectivity index (χ3v) is 34.5. The predicted octanol–water partition coefficient (Wildman–Crippen LogP) is 13.4. The molecule has 125 heavy (non-hydrogen) atoms. The van der Waals surface area contributed by atoms with Crippen molar-refractivity contribution in [1.82, 2.24) is 20.4 Å². The van der Waals surface area contributed by atoms with Crippen LogP contribution in [0.15, 0.2) is 71.9 Å². The van der Waals surface area contributed by atoms with Crippen LogP contribution in [0.2, 0.25) is 10.0 Å². The van der Waals surface area contributed by atoms with Gasteiger partial charge in [0, 0.05) is 118 Å². The number of amides is 6. The van der Waals surface area contributed by atoms with Crippen LogP contribution in [-0.4, -0.2) is 212 Å². The van der Waals surface area contributed by atoms with E-state index in [2.05, 4.69) is 24.5 Å². The maximum absolute atomic E-state index is 14.2. The number of ketones is 2. The summed E-state index contributed by atoms with van der Waals surface area (Å²) in [6, 6.07) is 5.54. The number of allylic oxidation sites excluding steroid dienone is 6. The number of alkyl carbamates (subject to hydrolysis) is 2. The zero-order chi connectivity index (χ0) is 91.4. The fraction of sp³-hybridized carbons (Fsp3) is 0.667. The minimum Gasteiger partial charge on any atom is -0.747 e. The standard InChI is InChI=1S/C44H64ClN3O12S3.C44H64ClN3O9S2.2CH4.Na/c1-12-31(49)16-17-37(63(55,56)57)61-62-42(7,8)19-18-35(50)47(10)29(6)40(52)59-34-23-36(51)48(11)32-22-30(21-26(3)38(32)45)20-25(2)14-13-15-27(4)44(54)24-33(58-41(53)46-44)28(5)39-43(34,9)60-39;1-12-32(49)17-14-20-58-59-42(7,8)19-18-36(50)47(10)30(6)40(52)56-35-24-37(51)48(11)33-23-31(22-27(3)38(33)45)21-26(2)15-13-16-28(4)44(54)25-34(55-41(53)46-44)29(5)39-43(35,9)57-39;;;/h13-15,21-22,27-29,33-34,37,39,54H,12,16-20,23-24H2,1-11H3,(H,46,53)(H,55,56,57);13,15-16,22-23,28-30,34-35,39,54H,12,14,17-21,24-25H2,1-11H3,(H,46,53);2*1H4;/q;;;;+1/p-1/b15-13+,25-14+;16-13+,26-15+;;;/t27-,28-,29+,33?,34+,37?,39+,43+,44+;28-,29-,30+,34?,35+,39+,43+,44+;;;/m11.../s1. The van der Waals surface area contributed by atoms with Crippen LogP contribution < -0.4 is 50.0 Å². The molecule has 4 saturated heterocycles. The molecule has 6 amide bonds. The molecule has 35 heteroatoms. The van der Waals surface area contributed by atoms with Crippen molar-refractivity contribution in [3.63, 3.8) is 0 Å². The van der Waals surface area contributed by atoms with Crippen molar-refractivity contribution < 1.29 is 129 Å². The number of nitrogens with zero attached hydrogens (tertiary/aromatic N) is 4. The Labute approximate surface area is 789 Å². The van der Waals surface area contributed by atoms with E-state index in [1.165, 1.54) is 33.6 Å². The molecule has 3 unspecified atom stereocenters. The van der Waals surface area contributed by atoms with E-state index in [9.17, 15) is 71.1 Å². The van der Waals surface area contributed by atoms with Gasteiger partial charge in [-0.1, -0.05) is 183 Å². The second-order valence-corrected chi connectivity index (χ2v) is 44.1. The van der Waals surface area contributed by atoms with Crippen LogP contribution >= 0.6 is 66.4 Å². The number of nitrogens with one attached hydrogen (secondary N) is 2. The molecule has 0 aromatic heterocycles. The number of aryl methyl sites for hydroxylation is 2. The Bertz CT molecular complexity index is 4440. The van der Waals surface area contributed by atoms with Crippen molar-refractivity contribution in [1.29, 1.82) is 0 Å². The molecule has 8 rings (SSSR count). The molecule has 2 aromatic rings. The number of benzene rings is 2. The van der Waals surface area contributed by atoms with Crippen LogP contribution in [0.25, 0.3) is 0 Å². The number of anilines is 2. The molecule has 2 aromatic carbocycles. The van der Waals surface area contributed by atoms with E-state index in [0.29, 0.717) is 53.5 Å². The number of carbonyl (C=O) groups excluding carboxylic acids is 10. The minimum absolute atomic E-state index is 0. The topological polar surface area (TPSA) is 367 Å². The SMILES string of the molecule is C.C.CCC(=O)CCC(SSC(C)(C)CCC(=O)N(C)[C@@H](C)C(=O)O[C@H]1CC(=O)N(C)c2cc(cc(C)c2Cl)C/C(C)=C/C=C/[C@@H](C)[C@@]2(O)CC(OC(=O)N2)[C@@H](C)[C@@H]2O[C@@]12C)S(=O)(=O)[O-].CCC(=O)CCCSSC(C)(C)CCC(=O)N(C)[C@@H](C)C(=O)O[C@H]1CC(=O)N(C)c2cc(cc(C)c2Cl)C/C(C)=C/C=C/[C@@H](C)[C@@]2(O)CC(OC(=O)N2)[C@@H](C)[C@@H]2O[C@@]12C.[Na+]. The van der Waals surface area contributed by atoms with E-state index in [1.807, 2.05) is 109 Å². The summed E-state index contributed by atoms with van der Waals surface area (Å²) < 4.78 is 69.9. The molecule has 0 radical (unpaired) electrons. The van der Waals surface area contributed by atoms with E-state index in [1.54, 1.807) is 98.1 Å². The van der Waals surface area contributed by atoms with Gasteiger partial charge in [-0.15, -0.1) is 0 Å². The molecule has 4 N–H and O–H groups in total. The number of carbonyl (C=O) groups is 10. The Morgan fingerprint density at radius 3 is 1.39 bits per heavy atom. The Balaban J connectivity index is 0.000000513. The van der Waals surface area contributed by atoms with Gasteiger partial charge in [-0.05, 0) is 156 Å². The maximum Gasteiger partial charge on any atom is 1.00 e. The van der Waals surface area contributed by atoms with Crippen molar-refractivity contribution in [2.24, 2.45) is 23.7 Å². The second kappa shape index (κ2) is 47.3. The van der Waals surface area contributed by atoms with E-state index in [0.717, 1.165) is 67.2 Å². The van der Waals surface area contributed by atoms with Crippen LogP contribution in [0, 0.1) is 37.5 Å². The molecular formula is C90H135Cl2N6NaO21S5. The van der Waals surface area contributed by atoms with E-state index in [-0.39, 0.29) is 137 Å². The summed E-state index contributed by atoms with van der Waals surface area (Å²) in [5, 5.41) is 29.4. The molecule has 4 fully saturated rings. The molecule has 6 aliphatic rings. The van der Waals surface area contributed by atoms with Gasteiger partial charge in [0.05, 0.1) is 46.5 Å². The van der Waals surface area contributed by atoms with Gasteiger partial charge in [0.1, 0.15) is 85.4 Å². The Morgan fingerprint density at radius 2 is 1.02 bits per heavy atom. The molecule has 0 aliphatic carbocycles. The first-order chi connectivity index (χ1) is 56.6. The van der Waals surface area contributed by atoms with Gasteiger partial charge in [0.2, 0.25) is 23.6 Å². The summed E-state index contributed by atoms with van der Waals surface area (Å²) in [5.74, 6) is -3.98. The zero-order valence-corrected chi connectivity index (χ0v) is 83.1. The number of rotatable bonds is 27. The first-order valence-electron chi connectivity index (χ1n) is 41.8. The fourth-order valence-electron chi connectivity index (χ4n) is 15.2. The summed E-state index contributed by atoms with van der Waals surface area (Å²) in [5.41, 5.74) is 0.683. The summed E-state index contributed by atoms with van der Waals surface area (Å²) in [6.45, 7) is 32.8. The molecule has 6 aliphatic heterocycles. The first-order valence-corrected chi connectivity index (χ1v) is 48.5. The number of fused-ring (bicyclic) bond motifs is 10. The first kappa shape index (κ1) is 112. The molecule has 8 bridgehead atoms. The van der Waals surface area contributed by atoms with Gasteiger partial charge in [-0.2, -0.15) is 0 Å². The number of hydrogen-bond acceptors (Lipinski definition) is 25. The number of halogens is 2. The van der Waals surface area contributed by atoms with Crippen LogP contribution in [0.1, 0.15) is 238 Å². The zero-order valence-electron chi connectivity index (χ0n) is 75.5. The number of Topliss-reactive ketones (excluding diaryl/α,β-unsaturated/α-hetero) is 2. The number of aliphatic hydroxyl groups is 2. The van der Waals surface area contributed by atoms with Crippen molar-refractivity contribution >= 4 is 147 Å². The normalized spacial score (nSPS) is 28.7. The van der Waals surface area contributed by atoms with E-state index in [4.69, 9.17) is 51.6 Å². The van der Waals surface area contributed by atoms with Crippen molar-refractivity contribution in [3.05, 3.63) is 104 Å². The summed E-state index contributed by atoms with van der Waals surface area (Å²) in [4.78, 5) is 138. The quantitative estimate of drug-likeness (QED) is 0.0123. The average molecular weight is 1890 g/mol. The van der Waals surface area contributed by atoms with Crippen molar-refractivity contribution in [2.75, 3.05) is 43.7 Å². The van der Waals surface area contributed by atoms with Gasteiger partial charge < -0.3 is 62.8 Å². The van der Waals surface area contributed by atoms with E-state index >= 15 is 0 Å². The van der Waals surface area contributed by atoms with Crippen LogP contribution in [0.4, 0.5) is 21.0 Å². The second-order valence-electron chi connectivity index (χ2n) is 35.3. The van der Waals surface area contributed by atoms with Crippen LogP contribution in [0.3, 0.4) is 0 Å². The van der Waals surface area contributed by atoms with Crippen LogP contribution in [-0.2, 0) is 89.7 Å². The number of hydrogen-bond donors (Lipinski definition) is 4. The number of ether oxygens (including phenoxy) is 6. The number of esters is 2. The summed E-state index contributed by atoms with van der Waals surface area (Å²) in [6.07, 6.45) is 8.14. The summed E-state index contributed by atoms with van der Waals surface area (Å²) in [7, 11) is 6.94. The molecule has 17 atom stereocenters. The molecule has 0 saturated carbocycles. The summed E-state index contributed by atoms with van der Waals surface area (Å²) >= 11 is 13.6. The monoisotopic (exact) mass is 1890 g/mol. The van der Waals surface area contributed by atoms with Gasteiger partial charge in [-0.3, -0.25) is 39.4 Å². The molecular weight excluding hydrogens is 1760 g/mol. The fourth-order valence-corrected chi connectivity index (χ4v) is 22.7. The Hall–Kier alpha value is -5.17. The molecule has 696 valence electrons. The molecule has 27 nitrogen and oxygen atoms in total. The molecule has 6 heterocycles. The predicted molar refractivity (Wildman–Crippen MR) is 493 cm³/mol. The van der Waals surface area contributed by atoms with Gasteiger partial charge in [-0.25, -0.2) is 27.6 Å². The Morgan fingerprint density at radius 1 is 0.640 bits per heavy atom. The van der Waals surface area contributed by atoms with Gasteiger partial charge in [0.25, 0.3) is 0 Å². The van der Waals surface area contributed by atoms with Gasteiger partial charge in [0.15, 0.2) is 0 Å². The average Bonchev–Trinajstić information content (AvgIpc) is 1.57. The van der Waals surface area contributed by atoms with E-state index < -0.39 is 150 Å². The van der Waals surface area contributed by atoms with Crippen molar-refractivity contribution in [2.45, 2.75) is 328 Å². The number of epoxide rings is 2. The van der Waals surface area contributed by atoms with Crippen LogP contribution in [0.5, 0.6) is 0 Å². The van der Waals surface area contributed by atoms with Crippen molar-refractivity contribution in [3.8, 4) is 0 Å². The third-order valence-electron chi connectivity index (χ3n) is 24.3. The molecule has 0 spiro atoms. The number of likely N-dealkylation sites (N-methyl/N-ethyl adjacent to an activating group) is 2. The third kappa shape index (κ3) is 30.4. The minimum atomic E-state index is -4.69. The Kier molecular flexibility index (Phi) is 42.4. The van der Waals surface area contributed by atoms with Gasteiger partial charge >= 0.3 is 53.7 Å².